The van der Waals surface area contributed by atoms with Gasteiger partial charge in [0.2, 0.25) is 5.91 Å². The Morgan fingerprint density at radius 1 is 0.461 bits per heavy atom. The molecule has 1 amide bonds. The topological polar surface area (TPSA) is 149 Å². The molecule has 1 rings (SSSR count). The minimum atomic E-state index is -1.59. The number of allylic oxidation sites excluding steroid dienone is 25. The lowest BCUT2D eigenvalue weighted by Gasteiger charge is -2.40. The summed E-state index contributed by atoms with van der Waals surface area (Å²) in [5.74, 6) is -0.223. The highest BCUT2D eigenvalue weighted by Crippen LogP contribution is 2.22. The Morgan fingerprint density at radius 3 is 1.26 bits per heavy atom. The summed E-state index contributed by atoms with van der Waals surface area (Å²) in [6.45, 7) is 3.61. The summed E-state index contributed by atoms with van der Waals surface area (Å²) in [6.07, 6.45) is 78.7. The normalized spacial score (nSPS) is 20.0. The summed E-state index contributed by atoms with van der Waals surface area (Å²) in [6, 6.07) is -0.855. The molecule has 0 radical (unpaired) electrons. The molecule has 1 saturated heterocycles. The van der Waals surface area contributed by atoms with Gasteiger partial charge in [-0.2, -0.15) is 0 Å². The standard InChI is InChI=1S/C67H107NO8/c1-3-5-7-9-11-13-15-17-19-21-23-24-25-26-27-28-29-30-31-32-33-34-35-36-37-38-39-41-43-45-47-49-51-53-55-57-63(71)68-60(59-75-67-66(74)65(73)64(72)62(58-69)76-67)61(70)56-54-52-50-48-46-44-42-40-22-20-18-16-14-12-10-8-6-4-2/h5,7,11,13,17,19,22-24,26-27,29-30,32-33,35-36,38-40,43,45-46,48,54,56,60-62,64-67,69-70,72-74H,3-4,6,8-10,12,14-16,18,20-21,25,28,31,34,37,41-42,44,47,49-53,55,57-59H2,1-2H3,(H,68,71)/b7-5-,13-11-,19-17-,24-23-,27-26-,30-29-,33-32-,36-35-,39-38-,40-22+,45-43-,48-46+,56-54+. The van der Waals surface area contributed by atoms with E-state index in [9.17, 15) is 30.3 Å². The van der Waals surface area contributed by atoms with Gasteiger partial charge in [-0.25, -0.2) is 0 Å². The Kier molecular flexibility index (Phi) is 49.8. The van der Waals surface area contributed by atoms with Crippen molar-refractivity contribution in [3.05, 3.63) is 158 Å². The van der Waals surface area contributed by atoms with Crippen molar-refractivity contribution in [1.82, 2.24) is 5.32 Å². The number of hydrogen-bond donors (Lipinski definition) is 6. The second-order valence-corrected chi connectivity index (χ2v) is 19.7. The zero-order valence-electron chi connectivity index (χ0n) is 47.4. The van der Waals surface area contributed by atoms with Crippen molar-refractivity contribution in [3.8, 4) is 0 Å². The molecule has 7 atom stereocenters. The summed E-state index contributed by atoms with van der Waals surface area (Å²) in [7, 11) is 0. The van der Waals surface area contributed by atoms with Crippen LogP contribution in [-0.2, 0) is 14.3 Å². The zero-order valence-corrected chi connectivity index (χ0v) is 47.4. The molecule has 6 N–H and O–H groups in total. The van der Waals surface area contributed by atoms with Gasteiger partial charge in [0, 0.05) is 6.42 Å². The maximum Gasteiger partial charge on any atom is 0.220 e. The average molecular weight is 1050 g/mol. The molecule has 1 fully saturated rings. The van der Waals surface area contributed by atoms with Crippen LogP contribution in [0.15, 0.2) is 158 Å². The summed E-state index contributed by atoms with van der Waals surface area (Å²) >= 11 is 0. The van der Waals surface area contributed by atoms with Gasteiger partial charge in [-0.3, -0.25) is 4.79 Å². The molecule has 7 unspecified atom stereocenters. The van der Waals surface area contributed by atoms with E-state index in [4.69, 9.17) is 9.47 Å². The third-order valence-corrected chi connectivity index (χ3v) is 12.8. The van der Waals surface area contributed by atoms with E-state index < -0.39 is 49.5 Å². The van der Waals surface area contributed by atoms with E-state index in [1.54, 1.807) is 6.08 Å². The Bertz CT molecular complexity index is 1740. The van der Waals surface area contributed by atoms with Gasteiger partial charge in [-0.15, -0.1) is 0 Å². The first-order chi connectivity index (χ1) is 37.3. The van der Waals surface area contributed by atoms with Crippen molar-refractivity contribution in [1.29, 1.82) is 0 Å². The Labute approximate surface area is 463 Å². The number of nitrogens with one attached hydrogen (secondary N) is 1. The monoisotopic (exact) mass is 1050 g/mol. The van der Waals surface area contributed by atoms with Crippen molar-refractivity contribution in [2.24, 2.45) is 0 Å². The van der Waals surface area contributed by atoms with Crippen LogP contribution >= 0.6 is 0 Å². The molecule has 1 heterocycles. The van der Waals surface area contributed by atoms with E-state index in [1.165, 1.54) is 51.4 Å². The number of carbonyl (C=O) groups excluding carboxylic acids is 1. The highest BCUT2D eigenvalue weighted by molar-refractivity contribution is 5.76. The van der Waals surface area contributed by atoms with Crippen LogP contribution in [0.2, 0.25) is 0 Å². The fraction of sp³-hybridized carbons (Fsp3) is 0.597. The second-order valence-electron chi connectivity index (χ2n) is 19.7. The van der Waals surface area contributed by atoms with Crippen molar-refractivity contribution in [2.45, 2.75) is 243 Å². The minimum absolute atomic E-state index is 0.223. The number of carbonyl (C=O) groups is 1. The number of rotatable bonds is 48. The zero-order chi connectivity index (χ0) is 55.0. The van der Waals surface area contributed by atoms with Crippen molar-refractivity contribution >= 4 is 5.91 Å². The SMILES string of the molecule is CC/C=C\C/C=C\C/C=C\C/C=C\C/C=C\C/C=C\C/C=C\C/C=C\C/C=C\C/C=C\CCCCCCC(=O)NC(COC1OC(CO)C(O)C(O)C1O)C(O)/C=C/CC/C=C/CC/C=C/CCCCCCCCCC. The van der Waals surface area contributed by atoms with Gasteiger partial charge in [0.15, 0.2) is 6.29 Å². The molecule has 0 aromatic rings. The number of hydrogen-bond acceptors (Lipinski definition) is 8. The predicted molar refractivity (Wildman–Crippen MR) is 322 cm³/mol. The molecule has 9 nitrogen and oxygen atoms in total. The number of ether oxygens (including phenoxy) is 2. The molecule has 428 valence electrons. The number of unbranched alkanes of at least 4 members (excludes halogenated alkanes) is 14. The average Bonchev–Trinajstić information content (AvgIpc) is 3.42. The quantitative estimate of drug-likeness (QED) is 0.0261. The van der Waals surface area contributed by atoms with E-state index >= 15 is 0 Å². The largest absolute Gasteiger partial charge is 0.394 e. The molecule has 1 aliphatic rings. The van der Waals surface area contributed by atoms with Crippen molar-refractivity contribution in [3.63, 3.8) is 0 Å². The van der Waals surface area contributed by atoms with Crippen LogP contribution in [-0.4, -0.2) is 87.5 Å². The molecule has 0 spiro atoms. The van der Waals surface area contributed by atoms with Crippen LogP contribution < -0.4 is 5.32 Å². The Balaban J connectivity index is 2.28. The highest BCUT2D eigenvalue weighted by Gasteiger charge is 2.44. The van der Waals surface area contributed by atoms with E-state index in [0.29, 0.717) is 19.3 Å². The molecule has 76 heavy (non-hydrogen) atoms. The van der Waals surface area contributed by atoms with Crippen molar-refractivity contribution in [2.75, 3.05) is 13.2 Å². The maximum atomic E-state index is 13.1. The molecule has 0 aliphatic carbocycles. The van der Waals surface area contributed by atoms with Crippen molar-refractivity contribution < 1.29 is 39.8 Å². The van der Waals surface area contributed by atoms with E-state index in [-0.39, 0.29) is 12.5 Å². The minimum Gasteiger partial charge on any atom is -0.394 e. The van der Waals surface area contributed by atoms with Crippen LogP contribution in [0.1, 0.15) is 200 Å². The van der Waals surface area contributed by atoms with Gasteiger partial charge in [0.05, 0.1) is 25.4 Å². The molecular weight excluding hydrogens is 947 g/mol. The molecule has 0 aromatic carbocycles. The first-order valence-corrected chi connectivity index (χ1v) is 29.7. The molecule has 1 aliphatic heterocycles. The van der Waals surface area contributed by atoms with Gasteiger partial charge in [0.1, 0.15) is 24.4 Å². The van der Waals surface area contributed by atoms with Crippen LogP contribution in [0.4, 0.5) is 0 Å². The van der Waals surface area contributed by atoms with E-state index in [2.05, 4.69) is 165 Å². The first-order valence-electron chi connectivity index (χ1n) is 29.7. The molecule has 9 heteroatoms. The highest BCUT2D eigenvalue weighted by atomic mass is 16.7. The lowest BCUT2D eigenvalue weighted by molar-refractivity contribution is -0.302. The molecule has 0 bridgehead atoms. The van der Waals surface area contributed by atoms with Crippen LogP contribution in [0, 0.1) is 0 Å². The number of aliphatic hydroxyl groups is 5. The summed E-state index contributed by atoms with van der Waals surface area (Å²) in [5, 5.41) is 54.4. The summed E-state index contributed by atoms with van der Waals surface area (Å²) in [5.41, 5.74) is 0. The van der Waals surface area contributed by atoms with Crippen LogP contribution in [0.3, 0.4) is 0 Å². The third-order valence-electron chi connectivity index (χ3n) is 12.8. The Morgan fingerprint density at radius 2 is 0.829 bits per heavy atom. The summed E-state index contributed by atoms with van der Waals surface area (Å²) in [4.78, 5) is 13.1. The number of amides is 1. The molecule has 0 aromatic heterocycles. The van der Waals surface area contributed by atoms with Gasteiger partial charge in [-0.05, 0) is 122 Å². The third kappa shape index (κ3) is 42.9. The first kappa shape index (κ1) is 69.8. The van der Waals surface area contributed by atoms with E-state index in [0.717, 1.165) is 116 Å². The lowest BCUT2D eigenvalue weighted by Crippen LogP contribution is -2.60. The Hall–Kier alpha value is -4.19. The van der Waals surface area contributed by atoms with Crippen LogP contribution in [0.5, 0.6) is 0 Å². The summed E-state index contributed by atoms with van der Waals surface area (Å²) < 4.78 is 11.2. The molecular formula is C67H107NO8. The fourth-order valence-corrected chi connectivity index (χ4v) is 8.16. The predicted octanol–water partition coefficient (Wildman–Crippen LogP) is 15.2. The second kappa shape index (κ2) is 54.2. The fourth-order valence-electron chi connectivity index (χ4n) is 8.16. The van der Waals surface area contributed by atoms with E-state index in [1.807, 2.05) is 6.08 Å². The lowest BCUT2D eigenvalue weighted by atomic mass is 9.99. The van der Waals surface area contributed by atoms with Gasteiger partial charge in [-0.1, -0.05) is 230 Å². The maximum absolute atomic E-state index is 13.1. The number of aliphatic hydroxyl groups excluding tert-OH is 5. The van der Waals surface area contributed by atoms with Gasteiger partial charge < -0.3 is 40.3 Å². The van der Waals surface area contributed by atoms with Gasteiger partial charge >= 0.3 is 0 Å². The molecule has 0 saturated carbocycles. The smallest absolute Gasteiger partial charge is 0.220 e. The van der Waals surface area contributed by atoms with Crippen LogP contribution in [0.25, 0.3) is 0 Å². The van der Waals surface area contributed by atoms with Gasteiger partial charge in [0.25, 0.3) is 0 Å².